The van der Waals surface area contributed by atoms with Gasteiger partial charge < -0.3 is 15.0 Å². The zero-order valence-corrected chi connectivity index (χ0v) is 12.2. The van der Waals surface area contributed by atoms with E-state index in [2.05, 4.69) is 48.2 Å². The number of hydrogen-bond acceptors (Lipinski definition) is 4. The number of rotatable bonds is 6. The molecule has 1 aliphatic rings. The second-order valence-corrected chi connectivity index (χ2v) is 5.24. The van der Waals surface area contributed by atoms with E-state index in [0.717, 1.165) is 31.1 Å². The fraction of sp³-hybridized carbons (Fsp3) is 0.667. The van der Waals surface area contributed by atoms with Crippen LogP contribution in [0.1, 0.15) is 38.4 Å². The maximum absolute atomic E-state index is 5.67. The monoisotopic (exact) mass is 263 g/mol. The predicted molar refractivity (Wildman–Crippen MR) is 78.6 cm³/mol. The van der Waals surface area contributed by atoms with E-state index in [1.54, 1.807) is 0 Å². The average Bonchev–Trinajstić information content (AvgIpc) is 2.92. The van der Waals surface area contributed by atoms with Crippen molar-refractivity contribution < 1.29 is 4.74 Å². The third-order valence-electron chi connectivity index (χ3n) is 3.67. The Hall–Kier alpha value is -1.13. The summed E-state index contributed by atoms with van der Waals surface area (Å²) in [5, 5.41) is 3.37. The highest BCUT2D eigenvalue weighted by atomic mass is 16.5. The zero-order chi connectivity index (χ0) is 13.7. The number of ether oxygens (including phenoxy) is 1. The molecule has 106 valence electrons. The fourth-order valence-corrected chi connectivity index (χ4v) is 2.49. The molecule has 1 N–H and O–H groups in total. The molecule has 4 nitrogen and oxygen atoms in total. The lowest BCUT2D eigenvalue weighted by Crippen LogP contribution is -2.28. The second-order valence-electron chi connectivity index (χ2n) is 5.24. The summed E-state index contributed by atoms with van der Waals surface area (Å²) in [5.41, 5.74) is 2.25. The second kappa shape index (κ2) is 6.87. The molecule has 0 bridgehead atoms. The molecule has 1 aromatic heterocycles. The molecule has 1 fully saturated rings. The maximum Gasteiger partial charge on any atom is 0.0750 e. The van der Waals surface area contributed by atoms with Crippen molar-refractivity contribution in [2.45, 2.75) is 38.8 Å². The third-order valence-corrected chi connectivity index (χ3v) is 3.67. The number of pyridine rings is 1. The lowest BCUT2D eigenvalue weighted by Gasteiger charge is -2.23. The van der Waals surface area contributed by atoms with Crippen LogP contribution < -0.4 is 10.2 Å². The Balaban J connectivity index is 1.93. The first-order chi connectivity index (χ1) is 9.20. The van der Waals surface area contributed by atoms with Crippen LogP contribution in [0.5, 0.6) is 0 Å². The number of hydrogen-bond donors (Lipinski definition) is 1. The van der Waals surface area contributed by atoms with E-state index >= 15 is 0 Å². The number of nitrogens with zero attached hydrogens (tertiary/aromatic N) is 2. The molecule has 2 atom stereocenters. The molecule has 2 heterocycles. The van der Waals surface area contributed by atoms with Crippen molar-refractivity contribution in [3.63, 3.8) is 0 Å². The van der Waals surface area contributed by atoms with Crippen molar-refractivity contribution in [1.29, 1.82) is 0 Å². The predicted octanol–water partition coefficient (Wildman–Crippen LogP) is 2.37. The zero-order valence-electron chi connectivity index (χ0n) is 12.2. The van der Waals surface area contributed by atoms with Crippen LogP contribution in [0, 0.1) is 0 Å². The molecule has 0 spiro atoms. The van der Waals surface area contributed by atoms with E-state index in [4.69, 9.17) is 4.74 Å². The van der Waals surface area contributed by atoms with Crippen LogP contribution in [-0.2, 0) is 4.74 Å². The Bertz CT molecular complexity index is 373. The van der Waals surface area contributed by atoms with Gasteiger partial charge in [-0.05, 0) is 38.4 Å². The van der Waals surface area contributed by atoms with E-state index in [0.29, 0.717) is 12.1 Å². The number of likely N-dealkylation sites (N-methyl/N-ethyl adjacent to an activating group) is 1. The first kappa shape index (κ1) is 14.3. The van der Waals surface area contributed by atoms with Gasteiger partial charge in [-0.2, -0.15) is 0 Å². The summed E-state index contributed by atoms with van der Waals surface area (Å²) < 4.78 is 5.67. The number of nitrogens with one attached hydrogen (secondary N) is 1. The largest absolute Gasteiger partial charge is 0.376 e. The van der Waals surface area contributed by atoms with Gasteiger partial charge in [0, 0.05) is 26.2 Å². The molecule has 1 aromatic rings. The van der Waals surface area contributed by atoms with Crippen molar-refractivity contribution in [1.82, 2.24) is 10.3 Å². The van der Waals surface area contributed by atoms with Crippen LogP contribution in [0.4, 0.5) is 5.69 Å². The highest BCUT2D eigenvalue weighted by molar-refractivity contribution is 5.44. The van der Waals surface area contributed by atoms with Crippen LogP contribution in [0.15, 0.2) is 18.3 Å². The maximum atomic E-state index is 5.67. The van der Waals surface area contributed by atoms with Gasteiger partial charge in [0.2, 0.25) is 0 Å². The van der Waals surface area contributed by atoms with Crippen LogP contribution in [0.25, 0.3) is 0 Å². The van der Waals surface area contributed by atoms with Gasteiger partial charge in [0.05, 0.1) is 23.7 Å². The summed E-state index contributed by atoms with van der Waals surface area (Å²) in [7, 11) is 2.10. The molecule has 0 saturated carbocycles. The van der Waals surface area contributed by atoms with Gasteiger partial charge in [0.1, 0.15) is 0 Å². The Morgan fingerprint density at radius 2 is 2.37 bits per heavy atom. The van der Waals surface area contributed by atoms with Crippen molar-refractivity contribution in [3.05, 3.63) is 24.0 Å². The van der Waals surface area contributed by atoms with Crippen molar-refractivity contribution in [2.24, 2.45) is 0 Å². The summed E-state index contributed by atoms with van der Waals surface area (Å²) in [6.45, 7) is 7.07. The van der Waals surface area contributed by atoms with E-state index in [-0.39, 0.29) is 0 Å². The quantitative estimate of drug-likeness (QED) is 0.855. The lowest BCUT2D eigenvalue weighted by atomic mass is 10.2. The Kier molecular flexibility index (Phi) is 5.16. The van der Waals surface area contributed by atoms with Gasteiger partial charge in [0.15, 0.2) is 0 Å². The van der Waals surface area contributed by atoms with E-state index in [9.17, 15) is 0 Å². The molecule has 2 unspecified atom stereocenters. The molecule has 4 heteroatoms. The summed E-state index contributed by atoms with van der Waals surface area (Å²) in [4.78, 5) is 6.77. The van der Waals surface area contributed by atoms with Gasteiger partial charge >= 0.3 is 0 Å². The molecule has 19 heavy (non-hydrogen) atoms. The summed E-state index contributed by atoms with van der Waals surface area (Å²) in [5.74, 6) is 0. The smallest absolute Gasteiger partial charge is 0.0750 e. The Morgan fingerprint density at radius 3 is 2.95 bits per heavy atom. The van der Waals surface area contributed by atoms with E-state index in [1.807, 2.05) is 6.20 Å². The molecular formula is C15H25N3O. The van der Waals surface area contributed by atoms with E-state index in [1.165, 1.54) is 12.8 Å². The normalized spacial score (nSPS) is 20.5. The van der Waals surface area contributed by atoms with E-state index < -0.39 is 0 Å². The minimum absolute atomic E-state index is 0.308. The fourth-order valence-electron chi connectivity index (χ4n) is 2.49. The summed E-state index contributed by atoms with van der Waals surface area (Å²) in [6, 6.07) is 4.56. The molecule has 1 saturated heterocycles. The standard InChI is InChI=1S/C15H25N3O/c1-4-16-12(2)15-8-7-13(10-17-15)18(3)11-14-6-5-9-19-14/h7-8,10,12,14,16H,4-6,9,11H2,1-3H3. The van der Waals surface area contributed by atoms with Gasteiger partial charge in [0.25, 0.3) is 0 Å². The molecule has 2 rings (SSSR count). The molecular weight excluding hydrogens is 238 g/mol. The topological polar surface area (TPSA) is 37.4 Å². The third kappa shape index (κ3) is 3.91. The van der Waals surface area contributed by atoms with Crippen LogP contribution in [0.2, 0.25) is 0 Å². The highest BCUT2D eigenvalue weighted by Gasteiger charge is 2.17. The number of aromatic nitrogens is 1. The van der Waals surface area contributed by atoms with Crippen LogP contribution in [0.3, 0.4) is 0 Å². The summed E-state index contributed by atoms with van der Waals surface area (Å²) in [6.07, 6.45) is 4.70. The van der Waals surface area contributed by atoms with Crippen LogP contribution in [-0.4, -0.2) is 37.8 Å². The molecule has 0 amide bonds. The molecule has 1 aliphatic heterocycles. The molecule has 0 aliphatic carbocycles. The SMILES string of the molecule is CCNC(C)c1ccc(N(C)CC2CCCO2)cn1. The minimum atomic E-state index is 0.308. The Labute approximate surface area is 116 Å². The van der Waals surface area contributed by atoms with Gasteiger partial charge in [-0.1, -0.05) is 6.92 Å². The average molecular weight is 263 g/mol. The highest BCUT2D eigenvalue weighted by Crippen LogP contribution is 2.18. The first-order valence-electron chi connectivity index (χ1n) is 7.22. The number of anilines is 1. The van der Waals surface area contributed by atoms with Gasteiger partial charge in [-0.3, -0.25) is 4.98 Å². The van der Waals surface area contributed by atoms with Gasteiger partial charge in [-0.25, -0.2) is 0 Å². The first-order valence-corrected chi connectivity index (χ1v) is 7.22. The molecule has 0 aromatic carbocycles. The minimum Gasteiger partial charge on any atom is -0.376 e. The van der Waals surface area contributed by atoms with Crippen molar-refractivity contribution >= 4 is 5.69 Å². The van der Waals surface area contributed by atoms with Crippen molar-refractivity contribution in [2.75, 3.05) is 31.6 Å². The molecule has 0 radical (unpaired) electrons. The summed E-state index contributed by atoms with van der Waals surface area (Å²) >= 11 is 0. The van der Waals surface area contributed by atoms with Crippen LogP contribution >= 0.6 is 0 Å². The Morgan fingerprint density at radius 1 is 1.53 bits per heavy atom. The van der Waals surface area contributed by atoms with Gasteiger partial charge in [-0.15, -0.1) is 0 Å². The lowest BCUT2D eigenvalue weighted by molar-refractivity contribution is 0.116. The van der Waals surface area contributed by atoms with Crippen molar-refractivity contribution in [3.8, 4) is 0 Å².